The number of benzene rings is 1. The summed E-state index contributed by atoms with van der Waals surface area (Å²) >= 11 is 0.965. The average molecular weight is 298 g/mol. The molecule has 0 atom stereocenters. The quantitative estimate of drug-likeness (QED) is 0.861. The van der Waals surface area contributed by atoms with Crippen LogP contribution in [0.25, 0.3) is 5.69 Å². The molecule has 0 aliphatic carbocycles. The number of nitrogens with zero attached hydrogens (tertiary/aromatic N) is 2. The van der Waals surface area contributed by atoms with Gasteiger partial charge in [-0.3, -0.25) is 4.79 Å². The maximum Gasteiger partial charge on any atom is 0.313 e. The second kappa shape index (κ2) is 6.04. The normalized spacial score (nSPS) is 11.0. The van der Waals surface area contributed by atoms with Gasteiger partial charge in [-0.2, -0.15) is 5.10 Å². The summed E-state index contributed by atoms with van der Waals surface area (Å²) in [6, 6.07) is 8.43. The van der Waals surface area contributed by atoms with Crippen LogP contribution in [0, 0.1) is 6.92 Å². The molecule has 0 fully saturated rings. The smallest absolute Gasteiger partial charge is 0.313 e. The highest BCUT2D eigenvalue weighted by atomic mass is 32.2. The first kappa shape index (κ1) is 14.5. The molecule has 4 nitrogen and oxygen atoms in total. The Kier molecular flexibility index (Phi) is 4.39. The summed E-state index contributed by atoms with van der Waals surface area (Å²) in [7, 11) is 0. The summed E-state index contributed by atoms with van der Waals surface area (Å²) in [4.78, 5) is 10.6. The first-order valence-electron chi connectivity index (χ1n) is 5.77. The van der Waals surface area contributed by atoms with E-state index in [0.29, 0.717) is 10.7 Å². The number of carbonyl (C=O) groups is 1. The molecule has 1 N–H and O–H groups in total. The minimum absolute atomic E-state index is 0.208. The molecular formula is C13H12F2N2O2S. The van der Waals surface area contributed by atoms with Crippen molar-refractivity contribution in [3.05, 3.63) is 41.6 Å². The van der Waals surface area contributed by atoms with Gasteiger partial charge in [0.1, 0.15) is 10.7 Å². The molecule has 0 spiro atoms. The van der Waals surface area contributed by atoms with Crippen molar-refractivity contribution in [1.82, 2.24) is 9.78 Å². The van der Waals surface area contributed by atoms with Crippen molar-refractivity contribution in [3.63, 3.8) is 0 Å². The monoisotopic (exact) mass is 298 g/mol. The molecule has 1 heterocycles. The summed E-state index contributed by atoms with van der Waals surface area (Å²) in [6.45, 7) is 1.84. The Hall–Kier alpha value is -1.89. The Bertz CT molecular complexity index is 629. The lowest BCUT2D eigenvalue weighted by atomic mass is 10.2. The molecule has 0 unspecified atom stereocenters. The molecule has 20 heavy (non-hydrogen) atoms. The van der Waals surface area contributed by atoms with Gasteiger partial charge < -0.3 is 5.11 Å². The molecule has 1 aromatic carbocycles. The largest absolute Gasteiger partial charge is 0.481 e. The number of aryl methyl sites for hydroxylation is 1. The zero-order chi connectivity index (χ0) is 14.7. The van der Waals surface area contributed by atoms with E-state index in [1.165, 1.54) is 10.7 Å². The van der Waals surface area contributed by atoms with E-state index in [-0.39, 0.29) is 11.4 Å². The molecule has 0 radical (unpaired) electrons. The zero-order valence-electron chi connectivity index (χ0n) is 10.6. The minimum Gasteiger partial charge on any atom is -0.481 e. The van der Waals surface area contributed by atoms with E-state index >= 15 is 0 Å². The van der Waals surface area contributed by atoms with Crippen LogP contribution >= 0.6 is 11.8 Å². The molecule has 0 saturated heterocycles. The number of rotatable bonds is 5. The number of halogens is 2. The van der Waals surface area contributed by atoms with Gasteiger partial charge in [0.15, 0.2) is 0 Å². The van der Waals surface area contributed by atoms with Gasteiger partial charge in [0.2, 0.25) is 0 Å². The number of thioether (sulfide) groups is 1. The number of carboxylic acids is 1. The highest BCUT2D eigenvalue weighted by Gasteiger charge is 2.18. The number of aromatic nitrogens is 2. The van der Waals surface area contributed by atoms with Crippen LogP contribution in [0.1, 0.15) is 17.7 Å². The van der Waals surface area contributed by atoms with E-state index in [1.807, 2.05) is 19.1 Å². The molecule has 1 aromatic heterocycles. The Morgan fingerprint density at radius 3 is 2.75 bits per heavy atom. The van der Waals surface area contributed by atoms with E-state index in [4.69, 9.17) is 5.11 Å². The lowest BCUT2D eigenvalue weighted by Crippen LogP contribution is -2.03. The Balaban J connectivity index is 2.44. The van der Waals surface area contributed by atoms with Crippen LogP contribution in [0.5, 0.6) is 0 Å². The van der Waals surface area contributed by atoms with Crippen LogP contribution in [-0.2, 0) is 4.79 Å². The van der Waals surface area contributed by atoms with Crippen molar-refractivity contribution in [2.45, 2.75) is 18.4 Å². The van der Waals surface area contributed by atoms with Crippen LogP contribution in [0.3, 0.4) is 0 Å². The van der Waals surface area contributed by atoms with Crippen LogP contribution in [0.4, 0.5) is 8.78 Å². The van der Waals surface area contributed by atoms with Crippen LogP contribution < -0.4 is 0 Å². The Labute approximate surface area is 118 Å². The zero-order valence-corrected chi connectivity index (χ0v) is 11.4. The van der Waals surface area contributed by atoms with E-state index in [2.05, 4.69) is 5.10 Å². The second-order valence-corrected chi connectivity index (χ2v) is 5.08. The maximum atomic E-state index is 12.8. The van der Waals surface area contributed by atoms with Crippen molar-refractivity contribution in [2.75, 3.05) is 5.75 Å². The van der Waals surface area contributed by atoms with E-state index in [9.17, 15) is 13.6 Å². The van der Waals surface area contributed by atoms with Crippen molar-refractivity contribution in [3.8, 4) is 5.69 Å². The molecule has 2 rings (SSSR count). The van der Waals surface area contributed by atoms with Crippen molar-refractivity contribution in [1.29, 1.82) is 0 Å². The van der Waals surface area contributed by atoms with E-state index < -0.39 is 12.4 Å². The summed E-state index contributed by atoms with van der Waals surface area (Å²) in [6.07, 6.45) is -2.69. The topological polar surface area (TPSA) is 55.1 Å². The predicted molar refractivity (Wildman–Crippen MR) is 71.6 cm³/mol. The highest BCUT2D eigenvalue weighted by molar-refractivity contribution is 7.99. The average Bonchev–Trinajstić information content (AvgIpc) is 2.81. The lowest BCUT2D eigenvalue weighted by Gasteiger charge is -2.08. The maximum absolute atomic E-state index is 12.8. The molecule has 0 aliphatic heterocycles. The van der Waals surface area contributed by atoms with Crippen LogP contribution in [-0.4, -0.2) is 26.6 Å². The van der Waals surface area contributed by atoms with Gasteiger partial charge in [-0.05, 0) is 24.6 Å². The Morgan fingerprint density at radius 2 is 2.15 bits per heavy atom. The van der Waals surface area contributed by atoms with Gasteiger partial charge in [0.05, 0.1) is 11.4 Å². The Morgan fingerprint density at radius 1 is 1.45 bits per heavy atom. The fourth-order valence-corrected chi connectivity index (χ4v) is 2.44. The summed E-state index contributed by atoms with van der Waals surface area (Å²) < 4.78 is 26.9. The van der Waals surface area contributed by atoms with Crippen molar-refractivity contribution in [2.24, 2.45) is 0 Å². The number of alkyl halides is 2. The van der Waals surface area contributed by atoms with Crippen molar-refractivity contribution >= 4 is 17.7 Å². The standard InChI is InChI=1S/C13H12F2N2O2S/c1-8-4-2-3-5-10(8)17-11(20-7-12(18)19)6-9(16-17)13(14)15/h2-6,13H,7H2,1H3,(H,18,19). The number of aliphatic carboxylic acids is 1. The van der Waals surface area contributed by atoms with E-state index in [1.54, 1.807) is 12.1 Å². The van der Waals surface area contributed by atoms with Crippen LogP contribution in [0.2, 0.25) is 0 Å². The molecular weight excluding hydrogens is 286 g/mol. The summed E-state index contributed by atoms with van der Waals surface area (Å²) in [5.41, 5.74) is 1.17. The fraction of sp³-hybridized carbons (Fsp3) is 0.231. The van der Waals surface area contributed by atoms with Gasteiger partial charge >= 0.3 is 5.97 Å². The molecule has 106 valence electrons. The van der Waals surface area contributed by atoms with Crippen molar-refractivity contribution < 1.29 is 18.7 Å². The second-order valence-electron chi connectivity index (χ2n) is 4.09. The first-order chi connectivity index (χ1) is 9.49. The minimum atomic E-state index is -2.69. The molecule has 7 heteroatoms. The molecule has 0 aliphatic rings. The third-order valence-corrected chi connectivity index (χ3v) is 3.58. The van der Waals surface area contributed by atoms with Gasteiger partial charge in [-0.15, -0.1) is 0 Å². The lowest BCUT2D eigenvalue weighted by molar-refractivity contribution is -0.133. The SMILES string of the molecule is Cc1ccccc1-n1nc(C(F)F)cc1SCC(=O)O. The molecule has 0 saturated carbocycles. The van der Waals surface area contributed by atoms with Crippen LogP contribution in [0.15, 0.2) is 35.4 Å². The van der Waals surface area contributed by atoms with Gasteiger partial charge in [-0.1, -0.05) is 30.0 Å². The molecule has 2 aromatic rings. The first-order valence-corrected chi connectivity index (χ1v) is 6.76. The fourth-order valence-electron chi connectivity index (χ4n) is 1.70. The third-order valence-electron chi connectivity index (χ3n) is 2.61. The summed E-state index contributed by atoms with van der Waals surface area (Å²) in [5.74, 6) is -1.22. The predicted octanol–water partition coefficient (Wildman–Crippen LogP) is 3.30. The summed E-state index contributed by atoms with van der Waals surface area (Å²) in [5, 5.41) is 13.0. The van der Waals surface area contributed by atoms with E-state index in [0.717, 1.165) is 17.3 Å². The molecule has 0 bridgehead atoms. The number of hydrogen-bond acceptors (Lipinski definition) is 3. The number of para-hydroxylation sites is 1. The van der Waals surface area contributed by atoms with Gasteiger partial charge in [-0.25, -0.2) is 13.5 Å². The van der Waals surface area contributed by atoms with Gasteiger partial charge in [0.25, 0.3) is 6.43 Å². The number of carboxylic acid groups (broad SMARTS) is 1. The van der Waals surface area contributed by atoms with Gasteiger partial charge in [0, 0.05) is 0 Å². The third kappa shape index (κ3) is 3.16. The number of hydrogen-bond donors (Lipinski definition) is 1. The molecule has 0 amide bonds. The highest BCUT2D eigenvalue weighted by Crippen LogP contribution is 2.28.